The molecule has 0 spiro atoms. The molecule has 1 N–H and O–H groups in total. The molecule has 0 radical (unpaired) electrons. The Bertz CT molecular complexity index is 1090. The van der Waals surface area contributed by atoms with E-state index in [0.29, 0.717) is 11.8 Å². The summed E-state index contributed by atoms with van der Waals surface area (Å²) in [5, 5.41) is 5.46. The Hall–Kier alpha value is -2.76. The predicted molar refractivity (Wildman–Crippen MR) is 91.9 cm³/mol. The first kappa shape index (κ1) is 12.6. The molecule has 2 saturated carbocycles. The highest BCUT2D eigenvalue weighted by molar-refractivity contribution is 5.92. The molecule has 24 heavy (non-hydrogen) atoms. The van der Waals surface area contributed by atoms with Gasteiger partial charge in [0.05, 0.1) is 11.9 Å². The van der Waals surface area contributed by atoms with Gasteiger partial charge in [0, 0.05) is 42.4 Å². The van der Waals surface area contributed by atoms with Crippen LogP contribution in [-0.4, -0.2) is 29.5 Å². The number of H-pyrrole nitrogens is 1. The molecular formula is C18H18N6. The van der Waals surface area contributed by atoms with Gasteiger partial charge in [-0.25, -0.2) is 19.5 Å². The Morgan fingerprint density at radius 3 is 2.79 bits per heavy atom. The van der Waals surface area contributed by atoms with E-state index >= 15 is 0 Å². The average Bonchev–Trinajstić information content (AvgIpc) is 3.54. The maximum atomic E-state index is 4.88. The molecule has 4 aromatic heterocycles. The number of aromatic nitrogens is 6. The van der Waals surface area contributed by atoms with Crippen LogP contribution in [0, 0.1) is 0 Å². The van der Waals surface area contributed by atoms with Crippen LogP contribution >= 0.6 is 0 Å². The summed E-state index contributed by atoms with van der Waals surface area (Å²) in [6.07, 6.45) is 12.8. The molecule has 4 heterocycles. The van der Waals surface area contributed by atoms with Crippen LogP contribution in [0.3, 0.4) is 0 Å². The van der Waals surface area contributed by atoms with Crippen LogP contribution < -0.4 is 0 Å². The van der Waals surface area contributed by atoms with E-state index in [1.165, 1.54) is 31.2 Å². The van der Waals surface area contributed by atoms with Crippen molar-refractivity contribution >= 4 is 16.7 Å². The number of fused-ring (bicyclic) bond motifs is 2. The Morgan fingerprint density at radius 1 is 1.08 bits per heavy atom. The van der Waals surface area contributed by atoms with Crippen molar-refractivity contribution in [2.24, 2.45) is 0 Å². The summed E-state index contributed by atoms with van der Waals surface area (Å²) in [5.74, 6) is 2.16. The first-order valence-electron chi connectivity index (χ1n) is 8.55. The monoisotopic (exact) mass is 318 g/mol. The van der Waals surface area contributed by atoms with E-state index in [1.807, 2.05) is 35.4 Å². The van der Waals surface area contributed by atoms with Gasteiger partial charge < -0.3 is 4.98 Å². The smallest absolute Gasteiger partial charge is 0.159 e. The lowest BCUT2D eigenvalue weighted by atomic mass is 10.1. The van der Waals surface area contributed by atoms with Crippen LogP contribution in [0.2, 0.25) is 0 Å². The van der Waals surface area contributed by atoms with Crippen LogP contribution in [0.25, 0.3) is 27.9 Å². The first-order chi connectivity index (χ1) is 11.9. The summed E-state index contributed by atoms with van der Waals surface area (Å²) in [4.78, 5) is 17.4. The molecule has 6 heteroatoms. The molecule has 2 fully saturated rings. The van der Waals surface area contributed by atoms with Crippen molar-refractivity contribution in [3.8, 4) is 11.3 Å². The predicted octanol–water partition coefficient (Wildman–Crippen LogP) is 3.67. The van der Waals surface area contributed by atoms with Gasteiger partial charge in [-0.05, 0) is 37.7 Å². The Balaban J connectivity index is 0.00000140. The van der Waals surface area contributed by atoms with E-state index in [4.69, 9.17) is 4.98 Å². The lowest BCUT2D eigenvalue weighted by Gasteiger charge is -2.02. The molecule has 0 saturated heterocycles. The third kappa shape index (κ3) is 1.82. The first-order valence-corrected chi connectivity index (χ1v) is 8.55. The Morgan fingerprint density at radius 2 is 1.96 bits per heavy atom. The molecule has 4 aromatic rings. The summed E-state index contributed by atoms with van der Waals surface area (Å²) < 4.78 is 1.87. The Labute approximate surface area is 139 Å². The summed E-state index contributed by atoms with van der Waals surface area (Å²) in [6, 6.07) is 2.01. The minimum atomic E-state index is 0. The fraction of sp³-hybridized carbons (Fsp3) is 0.333. The summed E-state index contributed by atoms with van der Waals surface area (Å²) in [7, 11) is 0. The van der Waals surface area contributed by atoms with Gasteiger partial charge in [0.1, 0.15) is 11.5 Å². The maximum Gasteiger partial charge on any atom is 0.159 e. The van der Waals surface area contributed by atoms with E-state index in [0.717, 1.165) is 33.8 Å². The topological polar surface area (TPSA) is 71.8 Å². The summed E-state index contributed by atoms with van der Waals surface area (Å²) in [6.45, 7) is 0. The van der Waals surface area contributed by atoms with Crippen LogP contribution in [0.4, 0.5) is 0 Å². The zero-order valence-corrected chi connectivity index (χ0v) is 13.1. The minimum Gasteiger partial charge on any atom is -0.345 e. The van der Waals surface area contributed by atoms with E-state index in [-0.39, 0.29) is 1.43 Å². The van der Waals surface area contributed by atoms with Crippen molar-refractivity contribution in [1.29, 1.82) is 0 Å². The van der Waals surface area contributed by atoms with Crippen molar-refractivity contribution in [1.82, 2.24) is 29.5 Å². The fourth-order valence-corrected chi connectivity index (χ4v) is 3.39. The normalized spacial score (nSPS) is 17.8. The molecule has 6 nitrogen and oxygen atoms in total. The second kappa shape index (κ2) is 4.41. The van der Waals surface area contributed by atoms with Crippen molar-refractivity contribution in [3.05, 3.63) is 42.2 Å². The van der Waals surface area contributed by atoms with Crippen LogP contribution in [0.15, 0.2) is 30.9 Å². The maximum absolute atomic E-state index is 4.88. The number of hydrogen-bond acceptors (Lipinski definition) is 4. The van der Waals surface area contributed by atoms with Gasteiger partial charge in [-0.3, -0.25) is 0 Å². The van der Waals surface area contributed by atoms with Crippen LogP contribution in [0.1, 0.15) is 50.3 Å². The molecule has 2 aliphatic rings. The molecule has 0 aliphatic heterocycles. The number of aromatic amines is 1. The second-order valence-corrected chi connectivity index (χ2v) is 6.92. The molecule has 0 bridgehead atoms. The summed E-state index contributed by atoms with van der Waals surface area (Å²) >= 11 is 0. The third-order valence-corrected chi connectivity index (χ3v) is 5.08. The lowest BCUT2D eigenvalue weighted by Crippen LogP contribution is -1.94. The van der Waals surface area contributed by atoms with Crippen molar-refractivity contribution < 1.29 is 1.43 Å². The van der Waals surface area contributed by atoms with Crippen molar-refractivity contribution in [2.75, 3.05) is 0 Å². The van der Waals surface area contributed by atoms with Gasteiger partial charge in [0.25, 0.3) is 0 Å². The van der Waals surface area contributed by atoms with Crippen molar-refractivity contribution in [3.63, 3.8) is 0 Å². The molecule has 0 aromatic carbocycles. The minimum absolute atomic E-state index is 0. The zero-order chi connectivity index (χ0) is 15.7. The molecular weight excluding hydrogens is 300 g/mol. The molecule has 0 amide bonds. The highest BCUT2D eigenvalue weighted by atomic mass is 15.2. The van der Waals surface area contributed by atoms with Crippen LogP contribution in [0.5, 0.6) is 0 Å². The summed E-state index contributed by atoms with van der Waals surface area (Å²) in [5.41, 5.74) is 5.14. The zero-order valence-electron chi connectivity index (χ0n) is 13.1. The third-order valence-electron chi connectivity index (χ3n) is 5.08. The molecule has 120 valence electrons. The lowest BCUT2D eigenvalue weighted by molar-refractivity contribution is 0.940. The van der Waals surface area contributed by atoms with Gasteiger partial charge >= 0.3 is 0 Å². The standard InChI is InChI=1S/C18H16N6.H2/c1-2-10(1)12-9-21-24-6-5-15(22-18(12)24)13-7-20-17-14(13)8-19-16(23-17)11-3-4-11;/h5-11H,1-4H2,(H,19,20,23);1H. The van der Waals surface area contributed by atoms with Gasteiger partial charge in [-0.2, -0.15) is 5.10 Å². The van der Waals surface area contributed by atoms with Gasteiger partial charge in [0.15, 0.2) is 5.65 Å². The quantitative estimate of drug-likeness (QED) is 0.625. The van der Waals surface area contributed by atoms with E-state index in [2.05, 4.69) is 20.1 Å². The average molecular weight is 318 g/mol. The number of hydrogen-bond donors (Lipinski definition) is 1. The SMILES string of the molecule is [HH].c1cn2ncc(C3CC3)c2nc1-c1c[nH]c2nc(C3CC3)ncc12. The van der Waals surface area contributed by atoms with Crippen molar-refractivity contribution in [2.45, 2.75) is 37.5 Å². The number of rotatable bonds is 3. The van der Waals surface area contributed by atoms with Gasteiger partial charge in [-0.15, -0.1) is 0 Å². The highest BCUT2D eigenvalue weighted by Gasteiger charge is 2.28. The molecule has 0 atom stereocenters. The van der Waals surface area contributed by atoms with Gasteiger partial charge in [0.2, 0.25) is 0 Å². The molecule has 6 rings (SSSR count). The van der Waals surface area contributed by atoms with Gasteiger partial charge in [-0.1, -0.05) is 0 Å². The number of nitrogens with zero attached hydrogens (tertiary/aromatic N) is 5. The molecule has 0 unspecified atom stereocenters. The fourth-order valence-electron chi connectivity index (χ4n) is 3.39. The van der Waals surface area contributed by atoms with E-state index in [9.17, 15) is 0 Å². The molecule has 2 aliphatic carbocycles. The second-order valence-electron chi connectivity index (χ2n) is 6.92. The Kier molecular flexibility index (Phi) is 2.32. The van der Waals surface area contributed by atoms with Crippen LogP contribution in [-0.2, 0) is 0 Å². The largest absolute Gasteiger partial charge is 0.345 e. The number of nitrogens with one attached hydrogen (secondary N) is 1. The van der Waals surface area contributed by atoms with E-state index < -0.39 is 0 Å². The van der Waals surface area contributed by atoms with E-state index in [1.54, 1.807) is 0 Å². The highest BCUT2D eigenvalue weighted by Crippen LogP contribution is 2.42.